The first-order valence-corrected chi connectivity index (χ1v) is 7.08. The Morgan fingerprint density at radius 3 is 2.79 bits per heavy atom. The van der Waals surface area contributed by atoms with Gasteiger partial charge in [-0.25, -0.2) is 0 Å². The molecular weight excluding hydrogens is 244 g/mol. The molecule has 2 aliphatic carbocycles. The van der Waals surface area contributed by atoms with Crippen LogP contribution in [0.25, 0.3) is 0 Å². The summed E-state index contributed by atoms with van der Waals surface area (Å²) in [6.07, 6.45) is 3.28. The number of rotatable bonds is 0. The number of aliphatic hydroxyl groups is 2. The van der Waals surface area contributed by atoms with Crippen LogP contribution in [0.4, 0.5) is 0 Å². The zero-order valence-electron chi connectivity index (χ0n) is 11.7. The van der Waals surface area contributed by atoms with E-state index in [-0.39, 0.29) is 29.3 Å². The maximum absolute atomic E-state index is 11.8. The molecule has 0 aromatic heterocycles. The Kier molecular flexibility index (Phi) is 2.64. The first-order valence-electron chi connectivity index (χ1n) is 7.08. The summed E-state index contributed by atoms with van der Waals surface area (Å²) in [6, 6.07) is 0. The van der Waals surface area contributed by atoms with Crippen molar-refractivity contribution < 1.29 is 19.7 Å². The molecule has 19 heavy (non-hydrogen) atoms. The van der Waals surface area contributed by atoms with Crippen LogP contribution < -0.4 is 0 Å². The van der Waals surface area contributed by atoms with Crippen molar-refractivity contribution in [1.82, 2.24) is 0 Å². The number of carbonyl (C=O) groups is 1. The Labute approximate surface area is 113 Å². The second-order valence-corrected chi connectivity index (χ2v) is 6.90. The Morgan fingerprint density at radius 2 is 2.11 bits per heavy atom. The maximum atomic E-state index is 11.8. The number of hydrogen-bond acceptors (Lipinski definition) is 4. The molecule has 4 heteroatoms. The molecule has 0 aromatic carbocycles. The van der Waals surface area contributed by atoms with Gasteiger partial charge in [0.2, 0.25) is 0 Å². The van der Waals surface area contributed by atoms with Gasteiger partial charge in [-0.05, 0) is 44.1 Å². The molecule has 0 amide bonds. The Bertz CT molecular complexity index is 453. The molecule has 0 radical (unpaired) electrons. The van der Waals surface area contributed by atoms with Crippen molar-refractivity contribution in [1.29, 1.82) is 0 Å². The zero-order valence-corrected chi connectivity index (χ0v) is 11.7. The van der Waals surface area contributed by atoms with Crippen molar-refractivity contribution in [3.8, 4) is 0 Å². The third-order valence-electron chi connectivity index (χ3n) is 5.58. The monoisotopic (exact) mass is 266 g/mol. The van der Waals surface area contributed by atoms with Gasteiger partial charge in [0.25, 0.3) is 0 Å². The molecule has 4 nitrogen and oxygen atoms in total. The molecule has 1 saturated carbocycles. The minimum Gasteiger partial charge on any atom is -0.457 e. The van der Waals surface area contributed by atoms with Gasteiger partial charge >= 0.3 is 5.97 Å². The van der Waals surface area contributed by atoms with Crippen molar-refractivity contribution >= 4 is 5.97 Å². The first kappa shape index (κ1) is 13.1. The minimum atomic E-state index is -1.21. The fourth-order valence-electron chi connectivity index (χ4n) is 4.31. The lowest BCUT2D eigenvalue weighted by molar-refractivity contribution is -0.198. The Hall–Kier alpha value is -0.870. The van der Waals surface area contributed by atoms with Crippen molar-refractivity contribution in [2.75, 3.05) is 0 Å². The van der Waals surface area contributed by atoms with E-state index in [9.17, 15) is 15.0 Å². The maximum Gasteiger partial charge on any atom is 0.313 e. The molecule has 1 saturated heterocycles. The van der Waals surface area contributed by atoms with Gasteiger partial charge < -0.3 is 14.9 Å². The van der Waals surface area contributed by atoms with Gasteiger partial charge in [0.1, 0.15) is 6.10 Å². The summed E-state index contributed by atoms with van der Waals surface area (Å²) < 4.78 is 5.52. The van der Waals surface area contributed by atoms with Gasteiger partial charge in [-0.1, -0.05) is 13.0 Å². The summed E-state index contributed by atoms with van der Waals surface area (Å²) >= 11 is 0. The number of ether oxygens (including phenoxy) is 1. The molecule has 2 fully saturated rings. The highest BCUT2D eigenvalue weighted by Gasteiger charge is 2.61. The van der Waals surface area contributed by atoms with E-state index in [0.29, 0.717) is 6.42 Å². The predicted octanol–water partition coefficient (Wildman–Crippen LogP) is 1.41. The molecule has 106 valence electrons. The van der Waals surface area contributed by atoms with E-state index in [1.165, 1.54) is 0 Å². The number of esters is 1. The number of fused-ring (bicyclic) bond motifs is 3. The van der Waals surface area contributed by atoms with E-state index in [4.69, 9.17) is 4.74 Å². The van der Waals surface area contributed by atoms with Crippen LogP contribution in [-0.2, 0) is 9.53 Å². The molecule has 0 bridgehead atoms. The molecule has 0 aromatic rings. The fourth-order valence-corrected chi connectivity index (χ4v) is 4.31. The Morgan fingerprint density at radius 1 is 1.42 bits per heavy atom. The Balaban J connectivity index is 2.06. The van der Waals surface area contributed by atoms with Crippen LogP contribution >= 0.6 is 0 Å². The number of hydrogen-bond donors (Lipinski definition) is 2. The highest BCUT2D eigenvalue weighted by atomic mass is 16.6. The van der Waals surface area contributed by atoms with Crippen LogP contribution in [0.2, 0.25) is 0 Å². The fraction of sp³-hybridized carbons (Fsp3) is 0.800. The van der Waals surface area contributed by atoms with Crippen LogP contribution in [0.3, 0.4) is 0 Å². The van der Waals surface area contributed by atoms with Gasteiger partial charge in [0.05, 0.1) is 17.6 Å². The molecule has 1 heterocycles. The zero-order chi connectivity index (χ0) is 14.0. The van der Waals surface area contributed by atoms with Crippen LogP contribution in [0.15, 0.2) is 11.6 Å². The minimum absolute atomic E-state index is 0.110. The van der Waals surface area contributed by atoms with Gasteiger partial charge in [0, 0.05) is 5.92 Å². The summed E-state index contributed by atoms with van der Waals surface area (Å²) in [6.45, 7) is 5.66. The second-order valence-electron chi connectivity index (χ2n) is 6.90. The number of carbonyl (C=O) groups excluding carboxylic acids is 1. The van der Waals surface area contributed by atoms with Crippen LogP contribution in [-0.4, -0.2) is 34.0 Å². The number of allylic oxidation sites excluding steroid dienone is 1. The predicted molar refractivity (Wildman–Crippen MR) is 69.2 cm³/mol. The highest BCUT2D eigenvalue weighted by molar-refractivity contribution is 5.79. The normalized spacial score (nSPS) is 53.1. The summed E-state index contributed by atoms with van der Waals surface area (Å²) in [5, 5.41) is 20.9. The molecular formula is C15H22O4. The average molecular weight is 266 g/mol. The van der Waals surface area contributed by atoms with Crippen molar-refractivity contribution in [3.05, 3.63) is 11.6 Å². The van der Waals surface area contributed by atoms with E-state index in [2.05, 4.69) is 13.0 Å². The van der Waals surface area contributed by atoms with Gasteiger partial charge in [-0.15, -0.1) is 0 Å². The quantitative estimate of drug-likeness (QED) is 0.514. The summed E-state index contributed by atoms with van der Waals surface area (Å²) in [7, 11) is 0. The van der Waals surface area contributed by atoms with Crippen LogP contribution in [0.5, 0.6) is 0 Å². The standard InChI is InChI=1S/C15H22O4/c1-8-9-4-6-14(2)7-5-10(16)15(3,18)12(14)11(9)19-13(8)17/h4,8,10-12,16,18H,5-7H2,1-3H3/t8-,10+,11+,12+,14+,15+/m0/s1. The van der Waals surface area contributed by atoms with E-state index in [1.807, 2.05) is 6.92 Å². The molecule has 6 atom stereocenters. The van der Waals surface area contributed by atoms with E-state index in [1.54, 1.807) is 6.92 Å². The smallest absolute Gasteiger partial charge is 0.313 e. The third-order valence-corrected chi connectivity index (χ3v) is 5.58. The second kappa shape index (κ2) is 3.83. The molecule has 2 N–H and O–H groups in total. The van der Waals surface area contributed by atoms with E-state index >= 15 is 0 Å². The molecule has 0 spiro atoms. The lowest BCUT2D eigenvalue weighted by Crippen LogP contribution is -2.61. The lowest BCUT2D eigenvalue weighted by Gasteiger charge is -2.55. The van der Waals surface area contributed by atoms with E-state index in [0.717, 1.165) is 18.4 Å². The van der Waals surface area contributed by atoms with Gasteiger partial charge in [-0.2, -0.15) is 0 Å². The topological polar surface area (TPSA) is 66.8 Å². The van der Waals surface area contributed by atoms with Crippen molar-refractivity contribution in [2.24, 2.45) is 17.3 Å². The first-order chi connectivity index (χ1) is 8.77. The van der Waals surface area contributed by atoms with Gasteiger partial charge in [-0.3, -0.25) is 4.79 Å². The largest absolute Gasteiger partial charge is 0.457 e. The summed E-state index contributed by atoms with van der Waals surface area (Å²) in [5.74, 6) is -0.654. The van der Waals surface area contributed by atoms with Crippen LogP contribution in [0, 0.1) is 17.3 Å². The van der Waals surface area contributed by atoms with Gasteiger partial charge in [0.15, 0.2) is 0 Å². The molecule has 3 aliphatic rings. The SMILES string of the molecule is C[C@@H]1C(=O)O[C@@H]2C1=CC[C@]1(C)CC[C@@H](O)[C@@](C)(O)[C@H]21. The summed E-state index contributed by atoms with van der Waals surface area (Å²) in [5.41, 5.74) is -0.329. The molecule has 1 aliphatic heterocycles. The van der Waals surface area contributed by atoms with Crippen molar-refractivity contribution in [2.45, 2.75) is 57.8 Å². The molecule has 0 unspecified atom stereocenters. The van der Waals surface area contributed by atoms with Crippen molar-refractivity contribution in [3.63, 3.8) is 0 Å². The van der Waals surface area contributed by atoms with E-state index < -0.39 is 11.7 Å². The summed E-state index contributed by atoms with van der Waals surface area (Å²) in [4.78, 5) is 11.8. The molecule has 3 rings (SSSR count). The average Bonchev–Trinajstić information content (AvgIpc) is 2.60. The lowest BCUT2D eigenvalue weighted by atomic mass is 9.53. The highest BCUT2D eigenvalue weighted by Crippen LogP contribution is 2.56. The third kappa shape index (κ3) is 1.62. The number of aliphatic hydroxyl groups excluding tert-OH is 1. The van der Waals surface area contributed by atoms with Crippen LogP contribution in [0.1, 0.15) is 40.0 Å².